The van der Waals surface area contributed by atoms with Gasteiger partial charge in [-0.25, -0.2) is 0 Å². The molecular formula is C15H29N3O. The molecule has 0 aromatic heterocycles. The number of nitrogens with two attached hydrogens (primary N) is 1. The van der Waals surface area contributed by atoms with Crippen molar-refractivity contribution in [3.05, 3.63) is 0 Å². The highest BCUT2D eigenvalue weighted by atomic mass is 16.2. The van der Waals surface area contributed by atoms with Crippen LogP contribution in [0.5, 0.6) is 0 Å². The van der Waals surface area contributed by atoms with Gasteiger partial charge in [0.1, 0.15) is 0 Å². The zero-order valence-corrected chi connectivity index (χ0v) is 12.5. The van der Waals surface area contributed by atoms with Gasteiger partial charge in [0.05, 0.1) is 5.92 Å². The quantitative estimate of drug-likeness (QED) is 0.784. The molecule has 3 unspecified atom stereocenters. The van der Waals surface area contributed by atoms with E-state index in [4.69, 9.17) is 5.73 Å². The molecule has 0 radical (unpaired) electrons. The van der Waals surface area contributed by atoms with Crippen molar-refractivity contribution in [1.29, 1.82) is 0 Å². The summed E-state index contributed by atoms with van der Waals surface area (Å²) in [4.78, 5) is 16.9. The monoisotopic (exact) mass is 267 g/mol. The number of hydrogen-bond acceptors (Lipinski definition) is 3. The first-order chi connectivity index (χ1) is 9.08. The van der Waals surface area contributed by atoms with Crippen molar-refractivity contribution in [2.24, 2.45) is 17.6 Å². The van der Waals surface area contributed by atoms with E-state index in [0.717, 1.165) is 38.9 Å². The van der Waals surface area contributed by atoms with E-state index in [2.05, 4.69) is 11.9 Å². The van der Waals surface area contributed by atoms with Crippen LogP contribution >= 0.6 is 0 Å². The fourth-order valence-electron chi connectivity index (χ4n) is 3.58. The van der Waals surface area contributed by atoms with Crippen LogP contribution in [0.15, 0.2) is 0 Å². The molecule has 0 aromatic carbocycles. The van der Waals surface area contributed by atoms with Crippen molar-refractivity contribution < 1.29 is 4.79 Å². The number of carbonyl (C=O) groups excluding carboxylic acids is 1. The van der Waals surface area contributed by atoms with Crippen molar-refractivity contribution in [3.63, 3.8) is 0 Å². The van der Waals surface area contributed by atoms with Gasteiger partial charge in [-0.15, -0.1) is 0 Å². The summed E-state index contributed by atoms with van der Waals surface area (Å²) in [5.41, 5.74) is 6.19. The molecule has 0 spiro atoms. The second-order valence-corrected chi connectivity index (χ2v) is 6.54. The third-order valence-electron chi connectivity index (χ3n) is 4.78. The summed E-state index contributed by atoms with van der Waals surface area (Å²) in [5.74, 6) is 0.983. The zero-order chi connectivity index (χ0) is 13.8. The van der Waals surface area contributed by atoms with Crippen LogP contribution < -0.4 is 5.73 Å². The van der Waals surface area contributed by atoms with E-state index in [9.17, 15) is 4.79 Å². The van der Waals surface area contributed by atoms with Gasteiger partial charge in [-0.05, 0) is 38.8 Å². The number of amides is 1. The van der Waals surface area contributed by atoms with E-state index in [1.54, 1.807) is 0 Å². The molecule has 0 bridgehead atoms. The molecule has 1 aliphatic carbocycles. The minimum atomic E-state index is 0.0617. The van der Waals surface area contributed by atoms with Crippen LogP contribution in [-0.4, -0.2) is 55.5 Å². The van der Waals surface area contributed by atoms with Gasteiger partial charge in [0, 0.05) is 26.2 Å². The normalized spacial score (nSPS) is 33.1. The van der Waals surface area contributed by atoms with Crippen LogP contribution in [0.1, 0.15) is 38.5 Å². The second kappa shape index (κ2) is 6.71. The molecule has 0 aromatic rings. The highest BCUT2D eigenvalue weighted by molar-refractivity contribution is 5.79. The zero-order valence-electron chi connectivity index (χ0n) is 12.5. The summed E-state index contributed by atoms with van der Waals surface area (Å²) in [6.45, 7) is 3.18. The number of nitrogens with zero attached hydrogens (tertiary/aromatic N) is 2. The minimum absolute atomic E-state index is 0.0617. The molecule has 2 aliphatic rings. The lowest BCUT2D eigenvalue weighted by Crippen LogP contribution is -2.43. The smallest absolute Gasteiger partial charge is 0.226 e. The fourth-order valence-corrected chi connectivity index (χ4v) is 3.58. The van der Waals surface area contributed by atoms with E-state index < -0.39 is 0 Å². The molecule has 2 fully saturated rings. The molecule has 1 saturated carbocycles. The van der Waals surface area contributed by atoms with E-state index in [1.807, 2.05) is 11.9 Å². The average molecular weight is 267 g/mol. The topological polar surface area (TPSA) is 49.6 Å². The Bertz CT molecular complexity index is 308. The molecule has 4 nitrogen and oxygen atoms in total. The summed E-state index contributed by atoms with van der Waals surface area (Å²) in [6, 6.07) is 0.0729. The summed E-state index contributed by atoms with van der Waals surface area (Å²) in [7, 11) is 4.11. The lowest BCUT2D eigenvalue weighted by molar-refractivity contribution is -0.135. The van der Waals surface area contributed by atoms with Gasteiger partial charge in [0.2, 0.25) is 5.91 Å². The predicted octanol–water partition coefficient (Wildman–Crippen LogP) is 1.30. The predicted molar refractivity (Wildman–Crippen MR) is 77.8 cm³/mol. The summed E-state index contributed by atoms with van der Waals surface area (Å²) in [6.07, 6.45) is 6.77. The Labute approximate surface area is 117 Å². The number of likely N-dealkylation sites (tertiary alicyclic amines) is 1. The maximum atomic E-state index is 12.6. The van der Waals surface area contributed by atoms with E-state index in [0.29, 0.717) is 5.92 Å². The van der Waals surface area contributed by atoms with Crippen molar-refractivity contribution in [2.45, 2.75) is 44.6 Å². The van der Waals surface area contributed by atoms with Gasteiger partial charge in [-0.2, -0.15) is 0 Å². The van der Waals surface area contributed by atoms with Gasteiger partial charge in [0.15, 0.2) is 0 Å². The Balaban J connectivity index is 1.86. The first-order valence-corrected chi connectivity index (χ1v) is 7.77. The maximum Gasteiger partial charge on any atom is 0.226 e. The SMILES string of the molecule is CN1CCC(CN(C)C(=O)C2CCCCCC2N)C1. The van der Waals surface area contributed by atoms with Crippen LogP contribution in [0.4, 0.5) is 0 Å². The van der Waals surface area contributed by atoms with Crippen molar-refractivity contribution in [2.75, 3.05) is 33.7 Å². The Morgan fingerprint density at radius 1 is 1.26 bits per heavy atom. The molecule has 2 rings (SSSR count). The molecule has 19 heavy (non-hydrogen) atoms. The Morgan fingerprint density at radius 2 is 2.00 bits per heavy atom. The van der Waals surface area contributed by atoms with Crippen molar-refractivity contribution in [1.82, 2.24) is 9.80 Å². The van der Waals surface area contributed by atoms with E-state index in [-0.39, 0.29) is 17.9 Å². The molecule has 1 amide bonds. The van der Waals surface area contributed by atoms with Gasteiger partial charge >= 0.3 is 0 Å². The lowest BCUT2D eigenvalue weighted by Gasteiger charge is -2.28. The van der Waals surface area contributed by atoms with Crippen LogP contribution in [0.3, 0.4) is 0 Å². The first-order valence-electron chi connectivity index (χ1n) is 7.77. The van der Waals surface area contributed by atoms with E-state index >= 15 is 0 Å². The molecule has 2 N–H and O–H groups in total. The molecule has 1 aliphatic heterocycles. The maximum absolute atomic E-state index is 12.6. The average Bonchev–Trinajstić information content (AvgIpc) is 2.66. The van der Waals surface area contributed by atoms with Crippen molar-refractivity contribution >= 4 is 5.91 Å². The molecule has 3 atom stereocenters. The van der Waals surface area contributed by atoms with Gasteiger partial charge in [0.25, 0.3) is 0 Å². The number of hydrogen-bond donors (Lipinski definition) is 1. The Morgan fingerprint density at radius 3 is 2.68 bits per heavy atom. The highest BCUT2D eigenvalue weighted by Crippen LogP contribution is 2.24. The van der Waals surface area contributed by atoms with Gasteiger partial charge in [-0.1, -0.05) is 19.3 Å². The second-order valence-electron chi connectivity index (χ2n) is 6.54. The summed E-state index contributed by atoms with van der Waals surface area (Å²) in [5, 5.41) is 0. The van der Waals surface area contributed by atoms with Gasteiger partial charge < -0.3 is 15.5 Å². The molecule has 110 valence electrons. The molecular weight excluding hydrogens is 238 g/mol. The number of carbonyl (C=O) groups is 1. The lowest BCUT2D eigenvalue weighted by atomic mass is 9.93. The van der Waals surface area contributed by atoms with Crippen LogP contribution in [0.2, 0.25) is 0 Å². The summed E-state index contributed by atoms with van der Waals surface area (Å²) >= 11 is 0. The van der Waals surface area contributed by atoms with Gasteiger partial charge in [-0.3, -0.25) is 4.79 Å². The van der Waals surface area contributed by atoms with Crippen LogP contribution in [0, 0.1) is 11.8 Å². The van der Waals surface area contributed by atoms with Crippen molar-refractivity contribution in [3.8, 4) is 0 Å². The molecule has 4 heteroatoms. The Hall–Kier alpha value is -0.610. The third kappa shape index (κ3) is 3.93. The first kappa shape index (κ1) is 14.8. The Kier molecular flexibility index (Phi) is 5.22. The fraction of sp³-hybridized carbons (Fsp3) is 0.933. The van der Waals surface area contributed by atoms with E-state index in [1.165, 1.54) is 19.3 Å². The van der Waals surface area contributed by atoms with Crippen LogP contribution in [0.25, 0.3) is 0 Å². The number of rotatable bonds is 3. The minimum Gasteiger partial charge on any atom is -0.345 e. The summed E-state index contributed by atoms with van der Waals surface area (Å²) < 4.78 is 0. The largest absolute Gasteiger partial charge is 0.345 e. The highest BCUT2D eigenvalue weighted by Gasteiger charge is 2.31. The van der Waals surface area contributed by atoms with Crippen LogP contribution in [-0.2, 0) is 4.79 Å². The standard InChI is InChI=1S/C15H29N3O/c1-17-9-8-12(10-17)11-18(2)15(19)13-6-4-3-5-7-14(13)16/h12-14H,3-11,16H2,1-2H3. The molecule has 1 saturated heterocycles. The molecule has 1 heterocycles. The third-order valence-corrected chi connectivity index (χ3v) is 4.78.